The number of thioether (sulfide) groups is 1. The van der Waals surface area contributed by atoms with Crippen molar-refractivity contribution in [3.8, 4) is 17.2 Å². The Kier molecular flexibility index (Phi) is 5.32. The lowest BCUT2D eigenvalue weighted by atomic mass is 10.1. The maximum atomic E-state index is 12.6. The number of rotatable bonds is 5. The number of hydrogen-bond acceptors (Lipinski definition) is 5. The van der Waals surface area contributed by atoms with Gasteiger partial charge in [0.2, 0.25) is 11.7 Å². The second kappa shape index (κ2) is 7.50. The molecule has 0 spiro atoms. The van der Waals surface area contributed by atoms with Crippen molar-refractivity contribution < 1.29 is 19.0 Å². The molecule has 3 rings (SSSR count). The van der Waals surface area contributed by atoms with Gasteiger partial charge in [-0.15, -0.1) is 11.8 Å². The highest BCUT2D eigenvalue weighted by molar-refractivity contribution is 8.00. The van der Waals surface area contributed by atoms with E-state index in [1.165, 1.54) is 0 Å². The molecule has 0 aromatic heterocycles. The molecule has 6 heteroatoms. The Morgan fingerprint density at radius 3 is 2.00 bits per heavy atom. The summed E-state index contributed by atoms with van der Waals surface area (Å²) in [7, 11) is 4.77. The number of benzene rings is 2. The minimum Gasteiger partial charge on any atom is -0.493 e. The van der Waals surface area contributed by atoms with Gasteiger partial charge in [-0.3, -0.25) is 9.69 Å². The minimum absolute atomic E-state index is 0.0961. The van der Waals surface area contributed by atoms with Gasteiger partial charge in [-0.2, -0.15) is 0 Å². The lowest BCUT2D eigenvalue weighted by molar-refractivity contribution is -0.115. The summed E-state index contributed by atoms with van der Waals surface area (Å²) in [6.45, 7) is 4.08. The molecule has 0 unspecified atom stereocenters. The number of amides is 1. The van der Waals surface area contributed by atoms with Crippen LogP contribution in [0.25, 0.3) is 0 Å². The van der Waals surface area contributed by atoms with Crippen LogP contribution in [-0.4, -0.2) is 33.0 Å². The molecule has 0 N–H and O–H groups in total. The van der Waals surface area contributed by atoms with E-state index in [2.05, 4.69) is 6.07 Å². The van der Waals surface area contributed by atoms with Crippen LogP contribution in [0.2, 0.25) is 0 Å². The highest BCUT2D eigenvalue weighted by Gasteiger charge is 2.35. The van der Waals surface area contributed by atoms with Gasteiger partial charge in [0, 0.05) is 5.69 Å². The third kappa shape index (κ3) is 3.33. The fourth-order valence-corrected chi connectivity index (χ4v) is 4.44. The summed E-state index contributed by atoms with van der Waals surface area (Å²) >= 11 is 1.59. The van der Waals surface area contributed by atoms with E-state index in [4.69, 9.17) is 14.2 Å². The zero-order chi connectivity index (χ0) is 18.8. The summed E-state index contributed by atoms with van der Waals surface area (Å²) in [6.07, 6.45) is 0. The largest absolute Gasteiger partial charge is 0.493 e. The molecule has 1 saturated heterocycles. The topological polar surface area (TPSA) is 48.0 Å². The van der Waals surface area contributed by atoms with E-state index in [-0.39, 0.29) is 11.3 Å². The Bertz CT molecular complexity index is 791. The monoisotopic (exact) mass is 373 g/mol. The summed E-state index contributed by atoms with van der Waals surface area (Å²) in [5, 5.41) is -0.141. The van der Waals surface area contributed by atoms with E-state index in [0.29, 0.717) is 23.0 Å². The molecule has 1 fully saturated rings. The predicted octanol–water partition coefficient (Wildman–Crippen LogP) is 4.11. The number of carbonyl (C=O) groups is 1. The molecule has 0 radical (unpaired) electrons. The maximum Gasteiger partial charge on any atom is 0.238 e. The average Bonchev–Trinajstić information content (AvgIpc) is 3.01. The van der Waals surface area contributed by atoms with Crippen LogP contribution in [0.3, 0.4) is 0 Å². The lowest BCUT2D eigenvalue weighted by Gasteiger charge is -2.26. The first-order valence-electron chi connectivity index (χ1n) is 8.30. The molecule has 5 nitrogen and oxygen atoms in total. The second-order valence-electron chi connectivity index (χ2n) is 6.23. The van der Waals surface area contributed by atoms with E-state index in [1.54, 1.807) is 33.1 Å². The quantitative estimate of drug-likeness (QED) is 0.789. The van der Waals surface area contributed by atoms with Crippen LogP contribution in [0, 0.1) is 13.8 Å². The maximum absolute atomic E-state index is 12.6. The summed E-state index contributed by atoms with van der Waals surface area (Å²) in [5.41, 5.74) is 4.12. The van der Waals surface area contributed by atoms with Gasteiger partial charge in [-0.25, -0.2) is 0 Å². The normalized spacial score (nSPS) is 16.7. The highest BCUT2D eigenvalue weighted by Crippen LogP contribution is 2.47. The molecule has 2 aromatic carbocycles. The number of carbonyl (C=O) groups excluding carboxylic acids is 1. The third-order valence-electron chi connectivity index (χ3n) is 4.32. The molecule has 0 bridgehead atoms. The second-order valence-corrected chi connectivity index (χ2v) is 7.30. The van der Waals surface area contributed by atoms with Crippen molar-refractivity contribution in [2.24, 2.45) is 0 Å². The molecule has 138 valence electrons. The van der Waals surface area contributed by atoms with Gasteiger partial charge >= 0.3 is 0 Å². The molecule has 0 saturated carbocycles. The molecule has 1 aliphatic heterocycles. The Balaban J connectivity index is 2.08. The number of methoxy groups -OCH3 is 3. The summed E-state index contributed by atoms with van der Waals surface area (Å²) < 4.78 is 16.3. The van der Waals surface area contributed by atoms with Crippen molar-refractivity contribution >= 4 is 23.4 Å². The van der Waals surface area contributed by atoms with Crippen molar-refractivity contribution in [1.29, 1.82) is 0 Å². The Hall–Kier alpha value is -2.34. The van der Waals surface area contributed by atoms with Gasteiger partial charge in [0.1, 0.15) is 5.37 Å². The van der Waals surface area contributed by atoms with Crippen LogP contribution in [0.4, 0.5) is 5.69 Å². The predicted molar refractivity (Wildman–Crippen MR) is 105 cm³/mol. The first-order valence-corrected chi connectivity index (χ1v) is 9.35. The van der Waals surface area contributed by atoms with Crippen molar-refractivity contribution in [1.82, 2.24) is 0 Å². The molecular weight excluding hydrogens is 350 g/mol. The molecule has 1 aliphatic rings. The Morgan fingerprint density at radius 1 is 0.923 bits per heavy atom. The van der Waals surface area contributed by atoms with Crippen molar-refractivity contribution in [3.63, 3.8) is 0 Å². The van der Waals surface area contributed by atoms with Crippen LogP contribution in [0.5, 0.6) is 17.2 Å². The van der Waals surface area contributed by atoms with E-state index in [9.17, 15) is 4.79 Å². The van der Waals surface area contributed by atoms with Crippen LogP contribution >= 0.6 is 11.8 Å². The molecule has 26 heavy (non-hydrogen) atoms. The third-order valence-corrected chi connectivity index (χ3v) is 5.54. The van der Waals surface area contributed by atoms with E-state index in [1.807, 2.05) is 43.0 Å². The Labute approximate surface area is 158 Å². The lowest BCUT2D eigenvalue weighted by Crippen LogP contribution is -2.28. The van der Waals surface area contributed by atoms with E-state index < -0.39 is 0 Å². The van der Waals surface area contributed by atoms with Gasteiger partial charge in [0.15, 0.2) is 11.5 Å². The SMILES string of the molecule is COc1cc([C@H]2SCC(=O)N2c2cc(C)cc(C)c2)cc(OC)c1OC. The minimum atomic E-state index is -0.141. The van der Waals surface area contributed by atoms with Gasteiger partial charge in [0.05, 0.1) is 27.1 Å². The zero-order valence-corrected chi connectivity index (χ0v) is 16.5. The summed E-state index contributed by atoms with van der Waals surface area (Å²) in [6, 6.07) is 10.0. The first kappa shape index (κ1) is 18.5. The first-order chi connectivity index (χ1) is 12.5. The highest BCUT2D eigenvalue weighted by atomic mass is 32.2. The number of ether oxygens (including phenoxy) is 3. The molecule has 1 atom stereocenters. The van der Waals surface area contributed by atoms with Gasteiger partial charge < -0.3 is 14.2 Å². The molecule has 1 amide bonds. The molecular formula is C20H23NO4S. The zero-order valence-electron chi connectivity index (χ0n) is 15.7. The Morgan fingerprint density at radius 2 is 1.50 bits per heavy atom. The van der Waals surface area contributed by atoms with Gasteiger partial charge in [0.25, 0.3) is 0 Å². The number of aryl methyl sites for hydroxylation is 2. The van der Waals surface area contributed by atoms with Crippen molar-refractivity contribution in [3.05, 3.63) is 47.0 Å². The average molecular weight is 373 g/mol. The van der Waals surface area contributed by atoms with Crippen LogP contribution in [0.15, 0.2) is 30.3 Å². The van der Waals surface area contributed by atoms with E-state index >= 15 is 0 Å². The number of anilines is 1. The van der Waals surface area contributed by atoms with Crippen molar-refractivity contribution in [2.75, 3.05) is 32.0 Å². The molecule has 0 aliphatic carbocycles. The van der Waals surface area contributed by atoms with E-state index in [0.717, 1.165) is 22.4 Å². The molecule has 2 aromatic rings. The van der Waals surface area contributed by atoms with Crippen molar-refractivity contribution in [2.45, 2.75) is 19.2 Å². The van der Waals surface area contributed by atoms with Gasteiger partial charge in [-0.1, -0.05) is 6.07 Å². The molecule has 1 heterocycles. The van der Waals surface area contributed by atoms with Crippen LogP contribution < -0.4 is 19.1 Å². The smallest absolute Gasteiger partial charge is 0.238 e. The standard InChI is InChI=1S/C20H23NO4S/c1-12-6-13(2)8-15(7-12)21-18(22)11-26-20(21)14-9-16(23-3)19(25-5)17(10-14)24-4/h6-10,20H,11H2,1-5H3/t20-/m1/s1. The fraction of sp³-hybridized carbons (Fsp3) is 0.350. The van der Waals surface area contributed by atoms with Gasteiger partial charge in [-0.05, 0) is 54.8 Å². The number of nitrogens with zero attached hydrogens (tertiary/aromatic N) is 1. The number of hydrogen-bond donors (Lipinski definition) is 0. The van der Waals surface area contributed by atoms with Crippen LogP contribution in [0.1, 0.15) is 22.1 Å². The van der Waals surface area contributed by atoms with Crippen LogP contribution in [-0.2, 0) is 4.79 Å². The summed E-state index contributed by atoms with van der Waals surface area (Å²) in [4.78, 5) is 14.5. The summed E-state index contributed by atoms with van der Waals surface area (Å²) in [5.74, 6) is 2.25. The fourth-order valence-electron chi connectivity index (χ4n) is 3.28.